The highest BCUT2D eigenvalue weighted by Gasteiger charge is 2.29. The van der Waals surface area contributed by atoms with Crippen molar-refractivity contribution in [3.05, 3.63) is 47.8 Å². The number of fused-ring (bicyclic) bond motifs is 1. The fourth-order valence-corrected chi connectivity index (χ4v) is 5.67. The van der Waals surface area contributed by atoms with Crippen molar-refractivity contribution in [2.75, 3.05) is 30.7 Å². The Morgan fingerprint density at radius 2 is 1.97 bits per heavy atom. The zero-order chi connectivity index (χ0) is 23.6. The number of aromatic nitrogens is 2. The highest BCUT2D eigenvalue weighted by molar-refractivity contribution is 7.89. The molecule has 3 heterocycles. The van der Waals surface area contributed by atoms with Crippen LogP contribution in [0.3, 0.4) is 0 Å². The number of carbonyl (C=O) groups is 1. The van der Waals surface area contributed by atoms with Crippen molar-refractivity contribution in [3.8, 4) is 11.1 Å². The molecule has 4 rings (SSSR count). The summed E-state index contributed by atoms with van der Waals surface area (Å²) >= 11 is 0. The first-order chi connectivity index (χ1) is 15.8. The maximum absolute atomic E-state index is 12.3. The van der Waals surface area contributed by atoms with Crippen LogP contribution in [0.1, 0.15) is 54.9 Å². The van der Waals surface area contributed by atoms with Crippen molar-refractivity contribution < 1.29 is 13.2 Å². The van der Waals surface area contributed by atoms with E-state index >= 15 is 0 Å². The quantitative estimate of drug-likeness (QED) is 0.465. The minimum absolute atomic E-state index is 0.122. The Balaban J connectivity index is 1.71. The number of hydrogen-bond donors (Lipinski definition) is 3. The van der Waals surface area contributed by atoms with Gasteiger partial charge in [-0.3, -0.25) is 4.79 Å². The van der Waals surface area contributed by atoms with Gasteiger partial charge in [0.1, 0.15) is 5.82 Å². The number of primary amides is 1. The number of H-pyrrole nitrogens is 1. The van der Waals surface area contributed by atoms with Gasteiger partial charge >= 0.3 is 0 Å². The standard InChI is InChI=1S/C24H31N5O3S/c1-3-8-26-22-14-17(5-9-27-22)18-12-19-21(15-28-23(19)20(13-18)24(25)30)16-6-10-29(11-7-16)33(31,32)4-2/h5,9,12-16,28H,3-4,6-8,10-11H2,1-2H3,(H2,25,30)(H,26,27). The van der Waals surface area contributed by atoms with Gasteiger partial charge in [-0.25, -0.2) is 17.7 Å². The smallest absolute Gasteiger partial charge is 0.250 e. The van der Waals surface area contributed by atoms with E-state index in [4.69, 9.17) is 5.73 Å². The molecule has 0 radical (unpaired) electrons. The second-order valence-electron chi connectivity index (χ2n) is 8.49. The molecule has 0 unspecified atom stereocenters. The molecule has 176 valence electrons. The summed E-state index contributed by atoms with van der Waals surface area (Å²) < 4.78 is 26.0. The normalized spacial score (nSPS) is 15.7. The van der Waals surface area contributed by atoms with Gasteiger partial charge in [0.25, 0.3) is 5.91 Å². The first kappa shape index (κ1) is 23.3. The third kappa shape index (κ3) is 4.74. The number of amides is 1. The molecule has 1 aliphatic heterocycles. The molecule has 2 aromatic heterocycles. The third-order valence-corrected chi connectivity index (χ3v) is 8.27. The van der Waals surface area contributed by atoms with E-state index in [2.05, 4.69) is 28.3 Å². The number of benzene rings is 1. The van der Waals surface area contributed by atoms with Gasteiger partial charge < -0.3 is 16.0 Å². The van der Waals surface area contributed by atoms with Gasteiger partial charge in [-0.1, -0.05) is 6.92 Å². The molecule has 0 bridgehead atoms. The van der Waals surface area contributed by atoms with Crippen LogP contribution in [0.2, 0.25) is 0 Å². The largest absolute Gasteiger partial charge is 0.370 e. The van der Waals surface area contributed by atoms with E-state index in [-0.39, 0.29) is 11.7 Å². The highest BCUT2D eigenvalue weighted by Crippen LogP contribution is 2.37. The molecule has 33 heavy (non-hydrogen) atoms. The zero-order valence-corrected chi connectivity index (χ0v) is 19.9. The molecule has 8 nitrogen and oxygen atoms in total. The molecule has 1 fully saturated rings. The van der Waals surface area contributed by atoms with E-state index in [9.17, 15) is 13.2 Å². The van der Waals surface area contributed by atoms with Crippen LogP contribution in [0.15, 0.2) is 36.7 Å². The van der Waals surface area contributed by atoms with Crippen LogP contribution in [0.5, 0.6) is 0 Å². The number of hydrogen-bond acceptors (Lipinski definition) is 5. The number of carbonyl (C=O) groups excluding carboxylic acids is 1. The van der Waals surface area contributed by atoms with E-state index in [1.54, 1.807) is 17.4 Å². The Labute approximate surface area is 194 Å². The maximum atomic E-state index is 12.3. The number of piperidine rings is 1. The molecule has 0 atom stereocenters. The number of nitrogens with two attached hydrogens (primary N) is 1. The van der Waals surface area contributed by atoms with E-state index in [1.807, 2.05) is 24.4 Å². The summed E-state index contributed by atoms with van der Waals surface area (Å²) in [7, 11) is -3.18. The summed E-state index contributed by atoms with van der Waals surface area (Å²) in [6, 6.07) is 7.80. The molecular formula is C24H31N5O3S. The number of nitrogens with one attached hydrogen (secondary N) is 2. The fourth-order valence-electron chi connectivity index (χ4n) is 4.54. The fraction of sp³-hybridized carbons (Fsp3) is 0.417. The van der Waals surface area contributed by atoms with Crippen LogP contribution in [0.25, 0.3) is 22.0 Å². The second kappa shape index (κ2) is 9.52. The average molecular weight is 470 g/mol. The van der Waals surface area contributed by atoms with Crippen molar-refractivity contribution in [3.63, 3.8) is 0 Å². The molecule has 9 heteroatoms. The van der Waals surface area contributed by atoms with Gasteiger partial charge in [-0.2, -0.15) is 0 Å². The Kier molecular flexibility index (Phi) is 6.71. The average Bonchev–Trinajstić information content (AvgIpc) is 3.26. The minimum Gasteiger partial charge on any atom is -0.370 e. The lowest BCUT2D eigenvalue weighted by Crippen LogP contribution is -2.38. The number of rotatable bonds is 8. The first-order valence-electron chi connectivity index (χ1n) is 11.5. The van der Waals surface area contributed by atoms with Crippen molar-refractivity contribution >= 4 is 32.7 Å². The van der Waals surface area contributed by atoms with Crippen molar-refractivity contribution in [1.82, 2.24) is 14.3 Å². The van der Waals surface area contributed by atoms with Crippen LogP contribution in [0.4, 0.5) is 5.82 Å². The number of pyridine rings is 1. The first-order valence-corrected chi connectivity index (χ1v) is 13.1. The van der Waals surface area contributed by atoms with Gasteiger partial charge in [-0.05, 0) is 73.1 Å². The molecule has 0 saturated carbocycles. The summed E-state index contributed by atoms with van der Waals surface area (Å²) in [5.74, 6) is 0.625. The van der Waals surface area contributed by atoms with E-state index < -0.39 is 15.9 Å². The lowest BCUT2D eigenvalue weighted by molar-refractivity contribution is 0.100. The Morgan fingerprint density at radius 1 is 1.21 bits per heavy atom. The van der Waals surface area contributed by atoms with Gasteiger partial charge in [0.05, 0.1) is 16.8 Å². The third-order valence-electron chi connectivity index (χ3n) is 6.39. The molecule has 4 N–H and O–H groups in total. The van der Waals surface area contributed by atoms with E-state index in [0.29, 0.717) is 18.7 Å². The van der Waals surface area contributed by atoms with E-state index in [1.165, 1.54) is 0 Å². The Hall–Kier alpha value is -2.91. The SMILES string of the molecule is CCCNc1cc(-c2cc(C(N)=O)c3[nH]cc(C4CCN(S(=O)(=O)CC)CC4)c3c2)ccn1. The number of nitrogens with zero attached hydrogens (tertiary/aromatic N) is 2. The molecule has 0 aliphatic carbocycles. The second-order valence-corrected chi connectivity index (χ2v) is 10.7. The molecule has 1 amide bonds. The van der Waals surface area contributed by atoms with Gasteiger partial charge in [-0.15, -0.1) is 0 Å². The lowest BCUT2D eigenvalue weighted by Gasteiger charge is -2.31. The van der Waals surface area contributed by atoms with Crippen molar-refractivity contribution in [2.24, 2.45) is 5.73 Å². The molecule has 1 saturated heterocycles. The Bertz CT molecular complexity index is 1260. The Morgan fingerprint density at radius 3 is 2.64 bits per heavy atom. The minimum atomic E-state index is -3.18. The summed E-state index contributed by atoms with van der Waals surface area (Å²) in [4.78, 5) is 19.9. The summed E-state index contributed by atoms with van der Waals surface area (Å²) in [6.45, 7) is 5.62. The number of sulfonamides is 1. The van der Waals surface area contributed by atoms with Crippen LogP contribution >= 0.6 is 0 Å². The molecular weight excluding hydrogens is 438 g/mol. The predicted molar refractivity (Wildman–Crippen MR) is 132 cm³/mol. The van der Waals surface area contributed by atoms with Crippen LogP contribution in [0, 0.1) is 0 Å². The number of aromatic amines is 1. The van der Waals surface area contributed by atoms with E-state index in [0.717, 1.165) is 59.2 Å². The molecule has 3 aromatic rings. The van der Waals surface area contributed by atoms with Crippen LogP contribution in [-0.2, 0) is 10.0 Å². The predicted octanol–water partition coefficient (Wildman–Crippen LogP) is 3.68. The van der Waals surface area contributed by atoms with Crippen LogP contribution in [-0.4, -0.2) is 54.0 Å². The van der Waals surface area contributed by atoms with Crippen molar-refractivity contribution in [2.45, 2.75) is 39.0 Å². The number of anilines is 1. The molecule has 0 spiro atoms. The van der Waals surface area contributed by atoms with Gasteiger partial charge in [0.15, 0.2) is 0 Å². The lowest BCUT2D eigenvalue weighted by atomic mass is 9.88. The maximum Gasteiger partial charge on any atom is 0.250 e. The van der Waals surface area contributed by atoms with Gasteiger partial charge in [0, 0.05) is 37.4 Å². The summed E-state index contributed by atoms with van der Waals surface area (Å²) in [5.41, 5.74) is 9.84. The molecule has 1 aliphatic rings. The topological polar surface area (TPSA) is 121 Å². The summed E-state index contributed by atoms with van der Waals surface area (Å²) in [5, 5.41) is 4.25. The van der Waals surface area contributed by atoms with Gasteiger partial charge in [0.2, 0.25) is 10.0 Å². The monoisotopic (exact) mass is 469 g/mol. The summed E-state index contributed by atoms with van der Waals surface area (Å²) in [6.07, 6.45) is 6.17. The van der Waals surface area contributed by atoms with Crippen LogP contribution < -0.4 is 11.1 Å². The van der Waals surface area contributed by atoms with Crippen molar-refractivity contribution in [1.29, 1.82) is 0 Å². The molecule has 1 aromatic carbocycles. The zero-order valence-electron chi connectivity index (χ0n) is 19.1. The highest BCUT2D eigenvalue weighted by atomic mass is 32.2.